The molecule has 0 amide bonds. The number of nitrogens with zero attached hydrogens (tertiary/aromatic N) is 1. The average molecular weight is 252 g/mol. The molecule has 4 heteroatoms. The molecule has 3 rings (SSSR count). The minimum absolute atomic E-state index is 0.137. The van der Waals surface area contributed by atoms with E-state index in [2.05, 4.69) is 10.2 Å². The van der Waals surface area contributed by atoms with Crippen LogP contribution in [0, 0.1) is 0 Å². The summed E-state index contributed by atoms with van der Waals surface area (Å²) in [4.78, 5) is 0. The molecule has 94 valence electrons. The number of aromatic nitrogens is 2. The summed E-state index contributed by atoms with van der Waals surface area (Å²) in [5.41, 5.74) is 3.41. The van der Waals surface area contributed by atoms with E-state index in [1.54, 1.807) is 6.07 Å². The zero-order chi connectivity index (χ0) is 13.2. The first-order valence-electron chi connectivity index (χ1n) is 5.87. The lowest BCUT2D eigenvalue weighted by molar-refractivity contribution is 0.404. The molecule has 0 aliphatic rings. The summed E-state index contributed by atoms with van der Waals surface area (Å²) < 4.78 is 0. The van der Waals surface area contributed by atoms with E-state index in [9.17, 15) is 10.2 Å². The van der Waals surface area contributed by atoms with Crippen molar-refractivity contribution >= 4 is 0 Å². The van der Waals surface area contributed by atoms with E-state index in [0.29, 0.717) is 5.69 Å². The Morgan fingerprint density at radius 2 is 1.58 bits per heavy atom. The molecule has 0 saturated heterocycles. The third kappa shape index (κ3) is 2.15. The normalized spacial score (nSPS) is 10.5. The highest BCUT2D eigenvalue weighted by molar-refractivity contribution is 5.69. The lowest BCUT2D eigenvalue weighted by atomic mass is 10.1. The molecule has 0 bridgehead atoms. The largest absolute Gasteiger partial charge is 0.504 e. The third-order valence-corrected chi connectivity index (χ3v) is 2.93. The number of phenols is 2. The summed E-state index contributed by atoms with van der Waals surface area (Å²) in [7, 11) is 0. The second kappa shape index (κ2) is 4.49. The Morgan fingerprint density at radius 1 is 0.789 bits per heavy atom. The van der Waals surface area contributed by atoms with Crippen molar-refractivity contribution in [1.82, 2.24) is 10.2 Å². The summed E-state index contributed by atoms with van der Waals surface area (Å²) >= 11 is 0. The van der Waals surface area contributed by atoms with E-state index in [-0.39, 0.29) is 11.5 Å². The van der Waals surface area contributed by atoms with Crippen LogP contribution in [0.5, 0.6) is 11.5 Å². The fourth-order valence-corrected chi connectivity index (χ4v) is 1.92. The Labute approximate surface area is 110 Å². The molecule has 0 saturated carbocycles. The van der Waals surface area contributed by atoms with Crippen molar-refractivity contribution < 1.29 is 10.2 Å². The van der Waals surface area contributed by atoms with Crippen molar-refractivity contribution in [1.29, 1.82) is 0 Å². The van der Waals surface area contributed by atoms with Crippen molar-refractivity contribution in [2.24, 2.45) is 0 Å². The minimum Gasteiger partial charge on any atom is -0.504 e. The molecule has 0 atom stereocenters. The molecule has 1 aromatic heterocycles. The second-order valence-corrected chi connectivity index (χ2v) is 4.24. The SMILES string of the molecule is Oc1ccc(-c2cc(-c3ccccc3)[nH]n2)cc1O. The van der Waals surface area contributed by atoms with Crippen LogP contribution in [0.1, 0.15) is 0 Å². The molecule has 3 aromatic rings. The zero-order valence-electron chi connectivity index (χ0n) is 10.0. The minimum atomic E-state index is -0.151. The number of hydrogen-bond donors (Lipinski definition) is 3. The predicted octanol–water partition coefficient (Wildman–Crippen LogP) is 3.15. The standard InChI is InChI=1S/C15H12N2O2/c18-14-7-6-11(8-15(14)19)13-9-12(16-17-13)10-4-2-1-3-5-10/h1-9,18-19H,(H,16,17). The second-order valence-electron chi connectivity index (χ2n) is 4.24. The smallest absolute Gasteiger partial charge is 0.158 e. The highest BCUT2D eigenvalue weighted by Crippen LogP contribution is 2.31. The number of hydrogen-bond acceptors (Lipinski definition) is 3. The highest BCUT2D eigenvalue weighted by atomic mass is 16.3. The summed E-state index contributed by atoms with van der Waals surface area (Å²) in [6, 6.07) is 16.4. The number of nitrogens with one attached hydrogen (secondary N) is 1. The highest BCUT2D eigenvalue weighted by Gasteiger charge is 2.07. The van der Waals surface area contributed by atoms with Gasteiger partial charge in [0.2, 0.25) is 0 Å². The number of benzene rings is 2. The van der Waals surface area contributed by atoms with Gasteiger partial charge in [-0.2, -0.15) is 5.10 Å². The first-order chi connectivity index (χ1) is 9.24. The molecule has 0 fully saturated rings. The number of aromatic hydroxyl groups is 2. The number of aromatic amines is 1. The third-order valence-electron chi connectivity index (χ3n) is 2.93. The number of H-pyrrole nitrogens is 1. The van der Waals surface area contributed by atoms with Gasteiger partial charge in [0, 0.05) is 5.56 Å². The first kappa shape index (κ1) is 11.3. The van der Waals surface area contributed by atoms with Gasteiger partial charge in [-0.3, -0.25) is 5.10 Å². The maximum Gasteiger partial charge on any atom is 0.158 e. The van der Waals surface area contributed by atoms with E-state index < -0.39 is 0 Å². The summed E-state index contributed by atoms with van der Waals surface area (Å²) in [5, 5.41) is 26.0. The Morgan fingerprint density at radius 3 is 2.32 bits per heavy atom. The van der Waals surface area contributed by atoms with Crippen LogP contribution in [0.15, 0.2) is 54.6 Å². The molecule has 2 aromatic carbocycles. The van der Waals surface area contributed by atoms with Gasteiger partial charge < -0.3 is 10.2 Å². The average Bonchev–Trinajstić information content (AvgIpc) is 2.93. The van der Waals surface area contributed by atoms with Gasteiger partial charge in [-0.05, 0) is 29.8 Å². The van der Waals surface area contributed by atoms with Crippen molar-refractivity contribution in [3.8, 4) is 34.0 Å². The van der Waals surface area contributed by atoms with E-state index >= 15 is 0 Å². The fraction of sp³-hybridized carbons (Fsp3) is 0. The molecule has 0 spiro atoms. The van der Waals surface area contributed by atoms with Crippen LogP contribution in [0.4, 0.5) is 0 Å². The quantitative estimate of drug-likeness (QED) is 0.613. The van der Waals surface area contributed by atoms with Gasteiger partial charge in [0.05, 0.1) is 11.4 Å². The van der Waals surface area contributed by atoms with Gasteiger partial charge in [0.25, 0.3) is 0 Å². The number of rotatable bonds is 2. The molecule has 0 aliphatic carbocycles. The van der Waals surface area contributed by atoms with Crippen molar-refractivity contribution in [2.45, 2.75) is 0 Å². The van der Waals surface area contributed by atoms with Crippen LogP contribution in [0.2, 0.25) is 0 Å². The van der Waals surface area contributed by atoms with Crippen LogP contribution in [-0.2, 0) is 0 Å². The van der Waals surface area contributed by atoms with Crippen LogP contribution >= 0.6 is 0 Å². The maximum absolute atomic E-state index is 9.50. The van der Waals surface area contributed by atoms with E-state index in [0.717, 1.165) is 16.8 Å². The molecule has 0 aliphatic heterocycles. The maximum atomic E-state index is 9.50. The molecular formula is C15H12N2O2. The van der Waals surface area contributed by atoms with Gasteiger partial charge in [-0.1, -0.05) is 30.3 Å². The number of phenolic OH excluding ortho intramolecular Hbond substituents is 2. The van der Waals surface area contributed by atoms with Gasteiger partial charge in [-0.15, -0.1) is 0 Å². The van der Waals surface area contributed by atoms with E-state index in [1.165, 1.54) is 12.1 Å². The molecule has 0 radical (unpaired) electrons. The van der Waals surface area contributed by atoms with Crippen LogP contribution < -0.4 is 0 Å². The van der Waals surface area contributed by atoms with Crippen LogP contribution in [0.25, 0.3) is 22.5 Å². The molecule has 1 heterocycles. The first-order valence-corrected chi connectivity index (χ1v) is 5.87. The van der Waals surface area contributed by atoms with E-state index in [4.69, 9.17) is 0 Å². The van der Waals surface area contributed by atoms with Gasteiger partial charge in [0.1, 0.15) is 0 Å². The monoisotopic (exact) mass is 252 g/mol. The Hall–Kier alpha value is -2.75. The fourth-order valence-electron chi connectivity index (χ4n) is 1.92. The summed E-state index contributed by atoms with van der Waals surface area (Å²) in [6.45, 7) is 0. The van der Waals surface area contributed by atoms with Crippen LogP contribution in [0.3, 0.4) is 0 Å². The van der Waals surface area contributed by atoms with E-state index in [1.807, 2.05) is 36.4 Å². The molecule has 3 N–H and O–H groups in total. The summed E-state index contributed by atoms with van der Waals surface area (Å²) in [6.07, 6.45) is 0. The van der Waals surface area contributed by atoms with Crippen molar-refractivity contribution in [3.63, 3.8) is 0 Å². The lowest BCUT2D eigenvalue weighted by Gasteiger charge is -1.99. The van der Waals surface area contributed by atoms with Crippen molar-refractivity contribution in [2.75, 3.05) is 0 Å². The van der Waals surface area contributed by atoms with Gasteiger partial charge >= 0.3 is 0 Å². The molecular weight excluding hydrogens is 240 g/mol. The van der Waals surface area contributed by atoms with Crippen LogP contribution in [-0.4, -0.2) is 20.4 Å². The van der Waals surface area contributed by atoms with Crippen molar-refractivity contribution in [3.05, 3.63) is 54.6 Å². The molecule has 19 heavy (non-hydrogen) atoms. The predicted molar refractivity (Wildman–Crippen MR) is 72.8 cm³/mol. The zero-order valence-corrected chi connectivity index (χ0v) is 10.0. The summed E-state index contributed by atoms with van der Waals surface area (Å²) in [5.74, 6) is -0.288. The van der Waals surface area contributed by atoms with Gasteiger partial charge in [-0.25, -0.2) is 0 Å². The Kier molecular flexibility index (Phi) is 2.68. The lowest BCUT2D eigenvalue weighted by Crippen LogP contribution is -1.78. The molecule has 0 unspecified atom stereocenters. The van der Waals surface area contributed by atoms with Gasteiger partial charge in [0.15, 0.2) is 11.5 Å². The Balaban J connectivity index is 1.99. The Bertz CT molecular complexity index is 705. The topological polar surface area (TPSA) is 69.1 Å². The molecule has 4 nitrogen and oxygen atoms in total.